The van der Waals surface area contributed by atoms with Crippen LogP contribution in [0.5, 0.6) is 10.9 Å². The number of fused-ring (bicyclic) bond motifs is 3. The molecular weight excluding hydrogens is 665 g/mol. The van der Waals surface area contributed by atoms with E-state index in [0.29, 0.717) is 39.7 Å². The van der Waals surface area contributed by atoms with Gasteiger partial charge in [0.1, 0.15) is 35.4 Å². The van der Waals surface area contributed by atoms with E-state index in [-0.39, 0.29) is 30.6 Å². The number of hydroxylamine groups is 1. The minimum absolute atomic E-state index is 0.0716. The summed E-state index contributed by atoms with van der Waals surface area (Å²) in [5, 5.41) is 6.50. The van der Waals surface area contributed by atoms with E-state index in [0.717, 1.165) is 25.7 Å². The minimum Gasteiger partial charge on any atom is -0.465 e. The highest BCUT2D eigenvalue weighted by Gasteiger charge is 2.61. The molecule has 3 amide bonds. The quantitative estimate of drug-likeness (QED) is 0.162. The maximum Gasteiger partial charge on any atom is 0.278 e. The van der Waals surface area contributed by atoms with E-state index in [1.807, 2.05) is 18.2 Å². The highest BCUT2D eigenvalue weighted by molar-refractivity contribution is 7.20. The number of allylic oxidation sites excluding steroid dienone is 1. The second kappa shape index (κ2) is 14.4. The maximum atomic E-state index is 14.4. The SMILES string of the molecule is O=C1N[C@]2(C(=O)NOc3ccccc3)C[C@@H]2/C=C\CCCCC[C@H](Nc2cccc(F)c2)C(=O)N2C[C@H](Oc3nc4ccc(F)cc4s3)C[C@@H]12. The molecule has 0 unspecified atom stereocenters. The summed E-state index contributed by atoms with van der Waals surface area (Å²) in [5.41, 5.74) is 2.27. The van der Waals surface area contributed by atoms with Crippen molar-refractivity contribution in [2.45, 2.75) is 68.7 Å². The van der Waals surface area contributed by atoms with Crippen molar-refractivity contribution in [2.75, 3.05) is 11.9 Å². The number of hydrogen-bond donors (Lipinski definition) is 3. The summed E-state index contributed by atoms with van der Waals surface area (Å²) in [6.45, 7) is 0.0716. The Kier molecular flexibility index (Phi) is 9.66. The first-order valence-corrected chi connectivity index (χ1v) is 17.7. The smallest absolute Gasteiger partial charge is 0.278 e. The number of ether oxygens (including phenoxy) is 1. The van der Waals surface area contributed by atoms with Gasteiger partial charge in [0, 0.05) is 18.0 Å². The van der Waals surface area contributed by atoms with Crippen molar-refractivity contribution in [1.82, 2.24) is 20.7 Å². The molecule has 13 heteroatoms. The third-order valence-corrected chi connectivity index (χ3v) is 10.3. The van der Waals surface area contributed by atoms with Gasteiger partial charge in [-0.1, -0.05) is 60.6 Å². The van der Waals surface area contributed by atoms with Gasteiger partial charge in [0.15, 0.2) is 5.75 Å². The van der Waals surface area contributed by atoms with Gasteiger partial charge in [0.05, 0.1) is 16.8 Å². The average Bonchev–Trinajstić information content (AvgIpc) is 3.40. The van der Waals surface area contributed by atoms with Crippen LogP contribution >= 0.6 is 11.3 Å². The second-order valence-electron chi connectivity index (χ2n) is 13.0. The Bertz CT molecular complexity index is 1910. The predicted molar refractivity (Wildman–Crippen MR) is 184 cm³/mol. The predicted octanol–water partition coefficient (Wildman–Crippen LogP) is 5.91. The van der Waals surface area contributed by atoms with Gasteiger partial charge in [-0.15, -0.1) is 0 Å². The van der Waals surface area contributed by atoms with E-state index in [4.69, 9.17) is 9.57 Å². The van der Waals surface area contributed by atoms with Crippen LogP contribution in [0.3, 0.4) is 0 Å². The summed E-state index contributed by atoms with van der Waals surface area (Å²) >= 11 is 1.18. The summed E-state index contributed by atoms with van der Waals surface area (Å²) in [6.07, 6.45) is 7.59. The topological polar surface area (TPSA) is 122 Å². The standard InChI is InChI=1S/C37H37F2N5O5S/c38-24-11-9-12-26(18-24)40-30-15-8-3-1-2-5-10-23-21-37(23,35(47)43-49-27-13-6-4-7-14-27)42-33(45)31-20-28(22-44(31)34(30)46)48-36-41-29-17-16-25(39)19-32(29)50-36/h4-7,9-14,16-19,23,28,30-31,40H,1-3,8,15,20-22H2,(H,42,45)(H,43,47)/b10-5-/t23-,28+,30-,31-,37+/m0/s1. The van der Waals surface area contributed by atoms with Crippen LogP contribution in [0, 0.1) is 17.6 Å². The Morgan fingerprint density at radius 1 is 1.00 bits per heavy atom. The van der Waals surface area contributed by atoms with Gasteiger partial charge in [-0.3, -0.25) is 14.4 Å². The fourth-order valence-corrected chi connectivity index (χ4v) is 7.61. The van der Waals surface area contributed by atoms with Gasteiger partial charge in [0.25, 0.3) is 11.1 Å². The number of carbonyl (C=O) groups excluding carboxylic acids is 3. The fourth-order valence-electron chi connectivity index (χ4n) is 6.70. The van der Waals surface area contributed by atoms with Crippen molar-refractivity contribution in [3.63, 3.8) is 0 Å². The molecule has 3 aromatic carbocycles. The van der Waals surface area contributed by atoms with Crippen molar-refractivity contribution >= 4 is 45.0 Å². The van der Waals surface area contributed by atoms with Crippen LogP contribution in [0.25, 0.3) is 10.2 Å². The monoisotopic (exact) mass is 701 g/mol. The summed E-state index contributed by atoms with van der Waals surface area (Å²) in [7, 11) is 0. The molecule has 1 saturated carbocycles. The number of carbonyl (C=O) groups is 3. The van der Waals surface area contributed by atoms with E-state index in [1.165, 1.54) is 40.5 Å². The number of halogens is 2. The minimum atomic E-state index is -1.27. The van der Waals surface area contributed by atoms with Crippen molar-refractivity contribution in [1.29, 1.82) is 0 Å². The number of hydrogen-bond acceptors (Lipinski definition) is 8. The fraction of sp³-hybridized carbons (Fsp3) is 0.351. The van der Waals surface area contributed by atoms with Crippen LogP contribution in [0.1, 0.15) is 44.9 Å². The van der Waals surface area contributed by atoms with Gasteiger partial charge >= 0.3 is 0 Å². The number of aromatic nitrogens is 1. The van der Waals surface area contributed by atoms with E-state index < -0.39 is 41.4 Å². The molecule has 2 aliphatic heterocycles. The van der Waals surface area contributed by atoms with E-state index in [2.05, 4.69) is 21.1 Å². The Balaban J connectivity index is 1.16. The number of amides is 3. The van der Waals surface area contributed by atoms with Crippen LogP contribution < -0.4 is 25.7 Å². The second-order valence-corrected chi connectivity index (χ2v) is 14.0. The van der Waals surface area contributed by atoms with E-state index in [1.54, 1.807) is 42.5 Å². The lowest BCUT2D eigenvalue weighted by molar-refractivity contribution is -0.141. The Hall–Kier alpha value is -5.04. The zero-order chi connectivity index (χ0) is 34.7. The molecule has 1 aromatic heterocycles. The number of benzene rings is 3. The number of rotatable bonds is 7. The van der Waals surface area contributed by atoms with Gasteiger partial charge in [0.2, 0.25) is 11.8 Å². The molecule has 1 saturated heterocycles. The third-order valence-electron chi connectivity index (χ3n) is 9.41. The summed E-state index contributed by atoms with van der Waals surface area (Å²) in [6, 6.07) is 17.3. The van der Waals surface area contributed by atoms with Crippen molar-refractivity contribution in [2.24, 2.45) is 5.92 Å². The molecule has 2 fully saturated rings. The largest absolute Gasteiger partial charge is 0.465 e. The summed E-state index contributed by atoms with van der Waals surface area (Å²) < 4.78 is 34.9. The van der Waals surface area contributed by atoms with Crippen LogP contribution in [0.15, 0.2) is 84.9 Å². The molecule has 260 valence electrons. The first kappa shape index (κ1) is 33.5. The number of para-hydroxylation sites is 1. The third kappa shape index (κ3) is 7.42. The number of anilines is 1. The van der Waals surface area contributed by atoms with Crippen LogP contribution in [-0.4, -0.2) is 57.9 Å². The van der Waals surface area contributed by atoms with E-state index >= 15 is 0 Å². The maximum absolute atomic E-state index is 14.4. The lowest BCUT2D eigenvalue weighted by Gasteiger charge is -2.30. The zero-order valence-corrected chi connectivity index (χ0v) is 28.0. The lowest BCUT2D eigenvalue weighted by atomic mass is 10.0. The highest BCUT2D eigenvalue weighted by Crippen LogP contribution is 2.45. The molecule has 3 heterocycles. The Morgan fingerprint density at radius 3 is 2.68 bits per heavy atom. The molecule has 10 nitrogen and oxygen atoms in total. The molecule has 50 heavy (non-hydrogen) atoms. The molecule has 5 atom stereocenters. The van der Waals surface area contributed by atoms with E-state index in [9.17, 15) is 23.2 Å². The highest BCUT2D eigenvalue weighted by atomic mass is 32.1. The first-order chi connectivity index (χ1) is 24.3. The average molecular weight is 702 g/mol. The molecule has 0 bridgehead atoms. The van der Waals surface area contributed by atoms with Crippen molar-refractivity contribution < 1.29 is 32.7 Å². The Labute approximate surface area is 291 Å². The number of nitrogens with one attached hydrogen (secondary N) is 3. The van der Waals surface area contributed by atoms with Gasteiger partial charge < -0.3 is 25.1 Å². The molecule has 4 aromatic rings. The molecule has 0 radical (unpaired) electrons. The number of thiazole rings is 1. The molecule has 0 spiro atoms. The molecule has 3 aliphatic rings. The van der Waals surface area contributed by atoms with Gasteiger partial charge in [-0.05, 0) is 74.2 Å². The summed E-state index contributed by atoms with van der Waals surface area (Å²) in [4.78, 5) is 53.8. The molecule has 1 aliphatic carbocycles. The van der Waals surface area contributed by atoms with Crippen LogP contribution in [0.4, 0.5) is 14.5 Å². The van der Waals surface area contributed by atoms with Gasteiger partial charge in [-0.25, -0.2) is 13.8 Å². The molecular formula is C37H37F2N5O5S. The molecule has 7 rings (SSSR count). The van der Waals surface area contributed by atoms with Crippen molar-refractivity contribution in [3.8, 4) is 10.9 Å². The Morgan fingerprint density at radius 2 is 1.84 bits per heavy atom. The summed E-state index contributed by atoms with van der Waals surface area (Å²) in [5.74, 6) is -1.98. The van der Waals surface area contributed by atoms with Crippen LogP contribution in [0.2, 0.25) is 0 Å². The van der Waals surface area contributed by atoms with Crippen LogP contribution in [-0.2, 0) is 14.4 Å². The zero-order valence-electron chi connectivity index (χ0n) is 27.1. The first-order valence-electron chi connectivity index (χ1n) is 16.8. The van der Waals surface area contributed by atoms with Gasteiger partial charge in [-0.2, -0.15) is 5.48 Å². The normalized spacial score (nSPS) is 26.1. The number of nitrogens with zero attached hydrogens (tertiary/aromatic N) is 2. The lowest BCUT2D eigenvalue weighted by Crippen LogP contribution is -2.57. The van der Waals surface area contributed by atoms with Crippen molar-refractivity contribution in [3.05, 3.63) is 96.6 Å². The molecule has 3 N–H and O–H groups in total.